The number of nitrogens with zero attached hydrogens (tertiary/aromatic N) is 1. The first kappa shape index (κ1) is 14.8. The summed E-state index contributed by atoms with van der Waals surface area (Å²) in [6, 6.07) is 7.37. The molecule has 0 spiro atoms. The second-order valence-corrected chi connectivity index (χ2v) is 6.49. The van der Waals surface area contributed by atoms with Crippen LogP contribution in [0, 0.1) is 6.92 Å². The first-order valence-electron chi connectivity index (χ1n) is 6.41. The Balaban J connectivity index is 1.85. The van der Waals surface area contributed by atoms with E-state index in [0.29, 0.717) is 19.7 Å². The zero-order valence-corrected chi connectivity index (χ0v) is 12.1. The first-order chi connectivity index (χ1) is 9.48. The minimum atomic E-state index is -3.40. The van der Waals surface area contributed by atoms with Gasteiger partial charge in [-0.15, -0.1) is 0 Å². The predicted molar refractivity (Wildman–Crippen MR) is 74.7 cm³/mol. The van der Waals surface area contributed by atoms with Crippen molar-refractivity contribution in [1.29, 1.82) is 0 Å². The minimum Gasteiger partial charge on any atom is -0.448 e. The average Bonchev–Trinajstić information content (AvgIpc) is 2.78. The van der Waals surface area contributed by atoms with Gasteiger partial charge in [-0.2, -0.15) is 0 Å². The number of carbonyl (C=O) groups excluding carboxylic acids is 1. The van der Waals surface area contributed by atoms with E-state index >= 15 is 0 Å². The van der Waals surface area contributed by atoms with E-state index in [1.165, 1.54) is 4.90 Å². The fourth-order valence-corrected chi connectivity index (χ4v) is 3.23. The van der Waals surface area contributed by atoms with Gasteiger partial charge in [-0.3, -0.25) is 0 Å². The van der Waals surface area contributed by atoms with Crippen LogP contribution in [0.4, 0.5) is 4.79 Å². The van der Waals surface area contributed by atoms with Gasteiger partial charge in [-0.25, -0.2) is 17.9 Å². The Morgan fingerprint density at radius 2 is 2.10 bits per heavy atom. The number of sulfonamides is 1. The van der Waals surface area contributed by atoms with Crippen LogP contribution < -0.4 is 4.72 Å². The van der Waals surface area contributed by atoms with Crippen molar-refractivity contribution in [3.63, 3.8) is 0 Å². The molecule has 0 radical (unpaired) electrons. The Morgan fingerprint density at radius 3 is 2.75 bits per heavy atom. The van der Waals surface area contributed by atoms with Gasteiger partial charge in [-0.05, 0) is 18.1 Å². The van der Waals surface area contributed by atoms with Crippen molar-refractivity contribution in [2.45, 2.75) is 12.7 Å². The van der Waals surface area contributed by atoms with Crippen LogP contribution in [-0.2, 0) is 20.5 Å². The van der Waals surface area contributed by atoms with Crippen molar-refractivity contribution in [1.82, 2.24) is 9.62 Å². The average molecular weight is 298 g/mol. The number of benzene rings is 1. The molecule has 1 amide bonds. The van der Waals surface area contributed by atoms with Crippen LogP contribution in [0.25, 0.3) is 0 Å². The van der Waals surface area contributed by atoms with Gasteiger partial charge in [0.15, 0.2) is 0 Å². The van der Waals surface area contributed by atoms with Crippen molar-refractivity contribution in [2.75, 3.05) is 26.2 Å². The molecule has 7 heteroatoms. The summed E-state index contributed by atoms with van der Waals surface area (Å²) in [7, 11) is -3.40. The maximum Gasteiger partial charge on any atom is 0.409 e. The summed E-state index contributed by atoms with van der Waals surface area (Å²) >= 11 is 0. The largest absolute Gasteiger partial charge is 0.448 e. The van der Waals surface area contributed by atoms with E-state index in [1.807, 2.05) is 25.1 Å². The van der Waals surface area contributed by atoms with E-state index in [9.17, 15) is 13.2 Å². The number of rotatable bonds is 6. The smallest absolute Gasteiger partial charge is 0.409 e. The van der Waals surface area contributed by atoms with E-state index in [-0.39, 0.29) is 18.4 Å². The number of carbonyl (C=O) groups is 1. The fourth-order valence-electron chi connectivity index (χ4n) is 1.99. The predicted octanol–water partition coefficient (Wildman–Crippen LogP) is 0.867. The van der Waals surface area contributed by atoms with Crippen molar-refractivity contribution in [3.05, 3.63) is 35.4 Å². The van der Waals surface area contributed by atoms with Crippen LogP contribution in [0.3, 0.4) is 0 Å². The standard InChI is InChI=1S/C13H18N2O4S/c1-11-4-2-3-5-12(11)10-20(17,18)14-6-7-15-8-9-19-13(15)16/h2-5,14H,6-10H2,1H3. The second-order valence-electron chi connectivity index (χ2n) is 4.68. The van der Waals surface area contributed by atoms with Crippen LogP contribution in [0.5, 0.6) is 0 Å². The minimum absolute atomic E-state index is 0.0515. The van der Waals surface area contributed by atoms with Gasteiger partial charge >= 0.3 is 6.09 Å². The van der Waals surface area contributed by atoms with Crippen LogP contribution in [0.1, 0.15) is 11.1 Å². The molecule has 2 rings (SSSR count). The molecular formula is C13H18N2O4S. The molecule has 1 fully saturated rings. The molecule has 0 bridgehead atoms. The lowest BCUT2D eigenvalue weighted by molar-refractivity contribution is 0.159. The molecule has 1 aromatic rings. The van der Waals surface area contributed by atoms with E-state index in [1.54, 1.807) is 6.07 Å². The number of hydrogen-bond acceptors (Lipinski definition) is 4. The van der Waals surface area contributed by atoms with Gasteiger partial charge in [0, 0.05) is 13.1 Å². The van der Waals surface area contributed by atoms with Crippen LogP contribution in [0.2, 0.25) is 0 Å². The number of nitrogens with one attached hydrogen (secondary N) is 1. The Hall–Kier alpha value is -1.60. The van der Waals surface area contributed by atoms with Gasteiger partial charge in [0.05, 0.1) is 12.3 Å². The van der Waals surface area contributed by atoms with E-state index in [0.717, 1.165) is 11.1 Å². The third-order valence-corrected chi connectivity index (χ3v) is 4.49. The molecule has 110 valence electrons. The van der Waals surface area contributed by atoms with Crippen molar-refractivity contribution < 1.29 is 17.9 Å². The van der Waals surface area contributed by atoms with Gasteiger partial charge < -0.3 is 9.64 Å². The van der Waals surface area contributed by atoms with Crippen LogP contribution in [-0.4, -0.2) is 45.7 Å². The highest BCUT2D eigenvalue weighted by atomic mass is 32.2. The van der Waals surface area contributed by atoms with Gasteiger partial charge in [0.25, 0.3) is 0 Å². The molecule has 20 heavy (non-hydrogen) atoms. The molecule has 1 aromatic carbocycles. The Labute approximate surface area is 118 Å². The van der Waals surface area contributed by atoms with Gasteiger partial charge in [-0.1, -0.05) is 24.3 Å². The van der Waals surface area contributed by atoms with Gasteiger partial charge in [0.2, 0.25) is 10.0 Å². The quantitative estimate of drug-likeness (QED) is 0.845. The zero-order valence-electron chi connectivity index (χ0n) is 11.3. The summed E-state index contributed by atoms with van der Waals surface area (Å²) in [5.41, 5.74) is 1.72. The van der Waals surface area contributed by atoms with Gasteiger partial charge in [0.1, 0.15) is 6.61 Å². The topological polar surface area (TPSA) is 75.7 Å². The summed E-state index contributed by atoms with van der Waals surface area (Å²) < 4.78 is 31.2. The first-order valence-corrected chi connectivity index (χ1v) is 8.07. The molecule has 1 heterocycles. The Bertz CT molecular complexity index is 586. The molecule has 0 atom stereocenters. The third-order valence-electron chi connectivity index (χ3n) is 3.16. The summed E-state index contributed by atoms with van der Waals surface area (Å²) in [6.07, 6.45) is -0.386. The summed E-state index contributed by atoms with van der Waals surface area (Å²) in [4.78, 5) is 12.7. The molecule has 0 aliphatic carbocycles. The maximum absolute atomic E-state index is 12.0. The lowest BCUT2D eigenvalue weighted by Crippen LogP contribution is -2.35. The summed E-state index contributed by atoms with van der Waals surface area (Å²) in [5.74, 6) is -0.0515. The molecule has 0 saturated carbocycles. The van der Waals surface area contributed by atoms with Crippen LogP contribution in [0.15, 0.2) is 24.3 Å². The van der Waals surface area contributed by atoms with E-state index in [4.69, 9.17) is 4.74 Å². The Morgan fingerprint density at radius 1 is 1.35 bits per heavy atom. The second kappa shape index (κ2) is 6.23. The highest BCUT2D eigenvalue weighted by molar-refractivity contribution is 7.88. The van der Waals surface area contributed by atoms with Crippen LogP contribution >= 0.6 is 0 Å². The van der Waals surface area contributed by atoms with Crippen molar-refractivity contribution in [2.24, 2.45) is 0 Å². The lowest BCUT2D eigenvalue weighted by atomic mass is 10.1. The SMILES string of the molecule is Cc1ccccc1CS(=O)(=O)NCCN1CCOC1=O. The number of aryl methyl sites for hydroxylation is 1. The normalized spacial score (nSPS) is 15.4. The number of hydrogen-bond donors (Lipinski definition) is 1. The molecule has 1 saturated heterocycles. The molecule has 6 nitrogen and oxygen atoms in total. The zero-order chi connectivity index (χ0) is 14.6. The molecule has 0 aromatic heterocycles. The Kier molecular flexibility index (Phi) is 4.61. The third kappa shape index (κ3) is 3.94. The monoisotopic (exact) mass is 298 g/mol. The molecule has 1 aliphatic heterocycles. The fraction of sp³-hybridized carbons (Fsp3) is 0.462. The number of ether oxygens (including phenoxy) is 1. The van der Waals surface area contributed by atoms with E-state index < -0.39 is 10.0 Å². The molecule has 0 unspecified atom stereocenters. The summed E-state index contributed by atoms with van der Waals surface area (Å²) in [5, 5.41) is 0. The highest BCUT2D eigenvalue weighted by Gasteiger charge is 2.22. The summed E-state index contributed by atoms with van der Waals surface area (Å²) in [6.45, 7) is 3.29. The lowest BCUT2D eigenvalue weighted by Gasteiger charge is -2.13. The molecular weight excluding hydrogens is 280 g/mol. The number of amides is 1. The van der Waals surface area contributed by atoms with Crippen molar-refractivity contribution >= 4 is 16.1 Å². The van der Waals surface area contributed by atoms with E-state index in [2.05, 4.69) is 4.72 Å². The molecule has 1 aliphatic rings. The maximum atomic E-state index is 12.0. The molecule has 1 N–H and O–H groups in total. The number of cyclic esters (lactones) is 1. The highest BCUT2D eigenvalue weighted by Crippen LogP contribution is 2.10. The van der Waals surface area contributed by atoms with Crippen molar-refractivity contribution in [3.8, 4) is 0 Å².